The minimum absolute atomic E-state index is 0.183. The average Bonchev–Trinajstić information content (AvgIpc) is 2.34. The SMILES string of the molecule is Cc1ccc(OCC(C)(C)C(=O)NCC(=O)O)c(C)c1. The van der Waals surface area contributed by atoms with E-state index in [0.717, 1.165) is 16.9 Å². The molecular formula is C15H21NO4. The average molecular weight is 279 g/mol. The zero-order valence-electron chi connectivity index (χ0n) is 12.3. The van der Waals surface area contributed by atoms with Gasteiger partial charge in [0.1, 0.15) is 18.9 Å². The van der Waals surface area contributed by atoms with Crippen LogP contribution < -0.4 is 10.1 Å². The molecule has 0 saturated heterocycles. The number of amides is 1. The molecule has 1 rings (SSSR count). The topological polar surface area (TPSA) is 75.6 Å². The van der Waals surface area contributed by atoms with Crippen LogP contribution in [0, 0.1) is 19.3 Å². The van der Waals surface area contributed by atoms with Crippen molar-refractivity contribution in [2.75, 3.05) is 13.2 Å². The van der Waals surface area contributed by atoms with E-state index in [2.05, 4.69) is 5.32 Å². The molecule has 0 bridgehead atoms. The van der Waals surface area contributed by atoms with Gasteiger partial charge in [-0.3, -0.25) is 9.59 Å². The Labute approximate surface area is 118 Å². The Hall–Kier alpha value is -2.04. The minimum Gasteiger partial charge on any atom is -0.492 e. The van der Waals surface area contributed by atoms with Gasteiger partial charge in [0.25, 0.3) is 0 Å². The Bertz CT molecular complexity index is 509. The molecular weight excluding hydrogens is 258 g/mol. The molecule has 0 aliphatic heterocycles. The van der Waals surface area contributed by atoms with Gasteiger partial charge in [0.2, 0.25) is 5.91 Å². The molecule has 1 aromatic rings. The van der Waals surface area contributed by atoms with Crippen LogP contribution in [0.25, 0.3) is 0 Å². The lowest BCUT2D eigenvalue weighted by molar-refractivity contribution is -0.140. The highest BCUT2D eigenvalue weighted by Gasteiger charge is 2.29. The number of hydrogen-bond acceptors (Lipinski definition) is 3. The van der Waals surface area contributed by atoms with Crippen molar-refractivity contribution >= 4 is 11.9 Å². The third-order valence-electron chi connectivity index (χ3n) is 2.93. The minimum atomic E-state index is -1.07. The molecule has 0 spiro atoms. The Morgan fingerprint density at radius 2 is 1.95 bits per heavy atom. The Morgan fingerprint density at radius 1 is 1.30 bits per heavy atom. The van der Waals surface area contributed by atoms with Gasteiger partial charge in [-0.15, -0.1) is 0 Å². The van der Waals surface area contributed by atoms with Gasteiger partial charge in [0.15, 0.2) is 0 Å². The molecule has 0 saturated carbocycles. The second kappa shape index (κ2) is 6.41. The predicted octanol–water partition coefficient (Wildman–Crippen LogP) is 1.91. The molecule has 5 nitrogen and oxygen atoms in total. The molecule has 2 N–H and O–H groups in total. The number of rotatable bonds is 6. The number of nitrogens with one attached hydrogen (secondary N) is 1. The van der Waals surface area contributed by atoms with Crippen molar-refractivity contribution in [1.82, 2.24) is 5.32 Å². The summed E-state index contributed by atoms with van der Waals surface area (Å²) in [5.74, 6) is -0.677. The van der Waals surface area contributed by atoms with E-state index in [1.165, 1.54) is 0 Å². The highest BCUT2D eigenvalue weighted by atomic mass is 16.5. The number of carboxylic acids is 1. The molecule has 0 radical (unpaired) electrons. The maximum Gasteiger partial charge on any atom is 0.322 e. The largest absolute Gasteiger partial charge is 0.492 e. The van der Waals surface area contributed by atoms with Crippen LogP contribution in [0.3, 0.4) is 0 Å². The van der Waals surface area contributed by atoms with E-state index < -0.39 is 11.4 Å². The van der Waals surface area contributed by atoms with Crippen LogP contribution >= 0.6 is 0 Å². The van der Waals surface area contributed by atoms with Crippen LogP contribution in [0.15, 0.2) is 18.2 Å². The zero-order valence-corrected chi connectivity index (χ0v) is 12.3. The van der Waals surface area contributed by atoms with Crippen LogP contribution in [-0.4, -0.2) is 30.1 Å². The number of aryl methyl sites for hydroxylation is 2. The van der Waals surface area contributed by atoms with Gasteiger partial charge in [-0.05, 0) is 39.3 Å². The van der Waals surface area contributed by atoms with E-state index in [4.69, 9.17) is 9.84 Å². The highest BCUT2D eigenvalue weighted by Crippen LogP contribution is 2.22. The fraction of sp³-hybridized carbons (Fsp3) is 0.467. The van der Waals surface area contributed by atoms with Crippen molar-refractivity contribution < 1.29 is 19.4 Å². The summed E-state index contributed by atoms with van der Waals surface area (Å²) in [4.78, 5) is 22.3. The molecule has 1 amide bonds. The smallest absolute Gasteiger partial charge is 0.322 e. The van der Waals surface area contributed by atoms with Crippen LogP contribution in [0.5, 0.6) is 5.75 Å². The predicted molar refractivity (Wildman–Crippen MR) is 75.8 cm³/mol. The Balaban J connectivity index is 2.62. The van der Waals surface area contributed by atoms with Crippen molar-refractivity contribution in [3.8, 4) is 5.75 Å². The highest BCUT2D eigenvalue weighted by molar-refractivity contribution is 5.85. The first-order valence-corrected chi connectivity index (χ1v) is 6.42. The molecule has 5 heteroatoms. The summed E-state index contributed by atoms with van der Waals surface area (Å²) in [7, 11) is 0. The lowest BCUT2D eigenvalue weighted by Gasteiger charge is -2.24. The number of aliphatic carboxylic acids is 1. The summed E-state index contributed by atoms with van der Waals surface area (Å²) in [6.07, 6.45) is 0. The van der Waals surface area contributed by atoms with Gasteiger partial charge in [-0.25, -0.2) is 0 Å². The molecule has 0 unspecified atom stereocenters. The second-order valence-corrected chi connectivity index (χ2v) is 5.52. The first-order chi connectivity index (χ1) is 9.22. The Morgan fingerprint density at radius 3 is 2.50 bits per heavy atom. The van der Waals surface area contributed by atoms with E-state index in [-0.39, 0.29) is 19.1 Å². The standard InChI is InChI=1S/C15H21NO4/c1-10-5-6-12(11(2)7-10)20-9-15(3,4)14(19)16-8-13(17)18/h5-7H,8-9H2,1-4H3,(H,16,19)(H,17,18). The van der Waals surface area contributed by atoms with Gasteiger partial charge in [-0.1, -0.05) is 17.7 Å². The third-order valence-corrected chi connectivity index (χ3v) is 2.93. The van der Waals surface area contributed by atoms with Crippen LogP contribution in [0.2, 0.25) is 0 Å². The first-order valence-electron chi connectivity index (χ1n) is 6.42. The summed E-state index contributed by atoms with van der Waals surface area (Å²) in [6, 6.07) is 5.82. The van der Waals surface area contributed by atoms with Crippen molar-refractivity contribution in [2.45, 2.75) is 27.7 Å². The van der Waals surface area contributed by atoms with E-state index in [0.29, 0.717) is 0 Å². The molecule has 0 heterocycles. The normalized spacial score (nSPS) is 11.0. The van der Waals surface area contributed by atoms with Crippen molar-refractivity contribution in [1.29, 1.82) is 0 Å². The van der Waals surface area contributed by atoms with Crippen LogP contribution in [0.4, 0.5) is 0 Å². The maximum atomic E-state index is 11.9. The van der Waals surface area contributed by atoms with E-state index in [1.54, 1.807) is 13.8 Å². The van der Waals surface area contributed by atoms with Crippen molar-refractivity contribution in [3.05, 3.63) is 29.3 Å². The molecule has 0 fully saturated rings. The van der Waals surface area contributed by atoms with E-state index in [1.807, 2.05) is 32.0 Å². The molecule has 0 aliphatic rings. The zero-order chi connectivity index (χ0) is 15.3. The third kappa shape index (κ3) is 4.57. The number of benzene rings is 1. The summed E-state index contributed by atoms with van der Waals surface area (Å²) in [5.41, 5.74) is 1.35. The monoisotopic (exact) mass is 279 g/mol. The quantitative estimate of drug-likeness (QED) is 0.834. The van der Waals surface area contributed by atoms with Crippen LogP contribution in [-0.2, 0) is 9.59 Å². The fourth-order valence-electron chi connectivity index (χ4n) is 1.68. The summed E-state index contributed by atoms with van der Waals surface area (Å²) >= 11 is 0. The number of hydrogen-bond donors (Lipinski definition) is 2. The molecule has 110 valence electrons. The van der Waals surface area contributed by atoms with Crippen molar-refractivity contribution in [2.24, 2.45) is 5.41 Å². The molecule has 20 heavy (non-hydrogen) atoms. The van der Waals surface area contributed by atoms with Gasteiger partial charge in [-0.2, -0.15) is 0 Å². The summed E-state index contributed by atoms with van der Waals surface area (Å²) < 4.78 is 5.68. The van der Waals surface area contributed by atoms with Crippen LogP contribution in [0.1, 0.15) is 25.0 Å². The van der Waals surface area contributed by atoms with Crippen molar-refractivity contribution in [3.63, 3.8) is 0 Å². The molecule has 1 aromatic carbocycles. The molecule has 0 atom stereocenters. The van der Waals surface area contributed by atoms with Gasteiger partial charge in [0.05, 0.1) is 5.41 Å². The van der Waals surface area contributed by atoms with Gasteiger partial charge >= 0.3 is 5.97 Å². The fourth-order valence-corrected chi connectivity index (χ4v) is 1.68. The lowest BCUT2D eigenvalue weighted by Crippen LogP contribution is -2.42. The van der Waals surface area contributed by atoms with E-state index in [9.17, 15) is 9.59 Å². The Kier molecular flexibility index (Phi) is 5.13. The van der Waals surface area contributed by atoms with Gasteiger partial charge in [0, 0.05) is 0 Å². The maximum absolute atomic E-state index is 11.9. The number of carbonyl (C=O) groups is 2. The first kappa shape index (κ1) is 16.0. The summed E-state index contributed by atoms with van der Waals surface area (Å²) in [6.45, 7) is 7.18. The number of carboxylic acid groups (broad SMARTS) is 1. The molecule has 0 aromatic heterocycles. The summed E-state index contributed by atoms with van der Waals surface area (Å²) in [5, 5.41) is 10.9. The van der Waals surface area contributed by atoms with Gasteiger partial charge < -0.3 is 15.2 Å². The molecule has 0 aliphatic carbocycles. The second-order valence-electron chi connectivity index (χ2n) is 5.52. The number of ether oxygens (including phenoxy) is 1. The lowest BCUT2D eigenvalue weighted by atomic mass is 9.93. The van der Waals surface area contributed by atoms with E-state index >= 15 is 0 Å². The number of carbonyl (C=O) groups excluding carboxylic acids is 1.